The summed E-state index contributed by atoms with van der Waals surface area (Å²) in [6.07, 6.45) is 0. The Morgan fingerprint density at radius 3 is 2.26 bits per heavy atom. The smallest absolute Gasteiger partial charge is 0.175 e. The van der Waals surface area contributed by atoms with Crippen LogP contribution >= 0.6 is 34.8 Å². The summed E-state index contributed by atoms with van der Waals surface area (Å²) in [6, 6.07) is 17.4. The van der Waals surface area contributed by atoms with Crippen LogP contribution in [-0.2, 0) is 6.61 Å². The van der Waals surface area contributed by atoms with Gasteiger partial charge in [-0.2, -0.15) is 0 Å². The summed E-state index contributed by atoms with van der Waals surface area (Å²) in [5.41, 5.74) is 1.29. The van der Waals surface area contributed by atoms with E-state index >= 15 is 0 Å². The summed E-state index contributed by atoms with van der Waals surface area (Å²) in [7, 11) is 1.60. The summed E-state index contributed by atoms with van der Waals surface area (Å²) < 4.78 is 12.9. The van der Waals surface area contributed by atoms with E-state index in [4.69, 9.17) is 44.3 Å². The first-order valence-corrected chi connectivity index (χ1v) is 10.3. The predicted octanol–water partition coefficient (Wildman–Crippen LogP) is 6.19. The van der Waals surface area contributed by atoms with Crippen LogP contribution in [-0.4, -0.2) is 27.0 Å². The molecule has 4 rings (SSSR count). The number of hydrogen-bond acceptors (Lipinski definition) is 5. The number of phenols is 1. The van der Waals surface area contributed by atoms with Crippen molar-refractivity contribution in [1.29, 1.82) is 0 Å². The average Bonchev–Trinajstić information content (AvgIpc) is 3.17. The van der Waals surface area contributed by atoms with Gasteiger partial charge in [-0.05, 0) is 48.5 Å². The average molecular weight is 477 g/mol. The van der Waals surface area contributed by atoms with Gasteiger partial charge in [0, 0.05) is 10.7 Å². The second kappa shape index (κ2) is 9.06. The van der Waals surface area contributed by atoms with Gasteiger partial charge < -0.3 is 14.6 Å². The van der Waals surface area contributed by atoms with Crippen molar-refractivity contribution in [3.8, 4) is 34.3 Å². The second-order valence-electron chi connectivity index (χ2n) is 6.48. The molecule has 0 spiro atoms. The molecule has 0 bridgehead atoms. The number of rotatable bonds is 6. The molecule has 31 heavy (non-hydrogen) atoms. The lowest BCUT2D eigenvalue weighted by molar-refractivity contribution is 0.294. The highest BCUT2D eigenvalue weighted by Crippen LogP contribution is 2.37. The van der Waals surface area contributed by atoms with E-state index in [2.05, 4.69) is 10.2 Å². The Balaban J connectivity index is 1.77. The van der Waals surface area contributed by atoms with Gasteiger partial charge >= 0.3 is 0 Å². The highest BCUT2D eigenvalue weighted by molar-refractivity contribution is 6.40. The molecular formula is C22H16Cl3N3O3. The van der Waals surface area contributed by atoms with Gasteiger partial charge in [0.15, 0.2) is 17.4 Å². The van der Waals surface area contributed by atoms with Crippen molar-refractivity contribution >= 4 is 34.8 Å². The molecule has 1 N–H and O–H groups in total. The third-order valence-corrected chi connectivity index (χ3v) is 5.29. The number of phenolic OH excluding ortho intramolecular Hbond substituents is 1. The van der Waals surface area contributed by atoms with Crippen molar-refractivity contribution in [2.24, 2.45) is 0 Å². The minimum absolute atomic E-state index is 0.0215. The van der Waals surface area contributed by atoms with Crippen molar-refractivity contribution in [3.05, 3.63) is 81.6 Å². The first-order valence-electron chi connectivity index (χ1n) is 9.12. The summed E-state index contributed by atoms with van der Waals surface area (Å²) in [5, 5.41) is 19.9. The van der Waals surface area contributed by atoms with Crippen LogP contribution in [0.5, 0.6) is 17.2 Å². The SMILES string of the molecule is COc1ccc(-n2c(COc3c(Cl)cc(Cl)cc3Cl)nnc2-c2ccccc2O)cc1. The molecule has 1 aromatic heterocycles. The highest BCUT2D eigenvalue weighted by atomic mass is 35.5. The van der Waals surface area contributed by atoms with Crippen LogP contribution < -0.4 is 9.47 Å². The number of halogens is 3. The van der Waals surface area contributed by atoms with Gasteiger partial charge in [-0.15, -0.1) is 10.2 Å². The van der Waals surface area contributed by atoms with Crippen molar-refractivity contribution in [3.63, 3.8) is 0 Å². The van der Waals surface area contributed by atoms with Crippen LogP contribution in [0.25, 0.3) is 17.1 Å². The van der Waals surface area contributed by atoms with Crippen molar-refractivity contribution in [2.45, 2.75) is 6.61 Å². The maximum absolute atomic E-state index is 10.4. The van der Waals surface area contributed by atoms with E-state index in [0.29, 0.717) is 33.7 Å². The zero-order valence-corrected chi connectivity index (χ0v) is 18.5. The van der Waals surface area contributed by atoms with Gasteiger partial charge in [0.05, 0.1) is 22.7 Å². The quantitative estimate of drug-likeness (QED) is 0.359. The van der Waals surface area contributed by atoms with Crippen LogP contribution in [0, 0.1) is 0 Å². The molecular weight excluding hydrogens is 461 g/mol. The molecule has 0 atom stereocenters. The van der Waals surface area contributed by atoms with Crippen molar-refractivity contribution < 1.29 is 14.6 Å². The third kappa shape index (κ3) is 4.42. The zero-order valence-electron chi connectivity index (χ0n) is 16.2. The number of nitrogens with zero attached hydrogens (tertiary/aromatic N) is 3. The molecule has 0 saturated carbocycles. The Bertz CT molecular complexity index is 1200. The van der Waals surface area contributed by atoms with Crippen molar-refractivity contribution in [1.82, 2.24) is 14.8 Å². The van der Waals surface area contributed by atoms with Gasteiger partial charge in [0.25, 0.3) is 0 Å². The minimum atomic E-state index is 0.0215. The molecule has 9 heteroatoms. The molecule has 0 aliphatic heterocycles. The van der Waals surface area contributed by atoms with Gasteiger partial charge in [-0.3, -0.25) is 4.57 Å². The van der Waals surface area contributed by atoms with E-state index in [0.717, 1.165) is 5.69 Å². The number of para-hydroxylation sites is 1. The normalized spacial score (nSPS) is 10.8. The second-order valence-corrected chi connectivity index (χ2v) is 7.73. The van der Waals surface area contributed by atoms with E-state index in [1.807, 2.05) is 30.3 Å². The topological polar surface area (TPSA) is 69.4 Å². The summed E-state index contributed by atoms with van der Waals surface area (Å²) >= 11 is 18.4. The molecule has 0 aliphatic carbocycles. The molecule has 0 fully saturated rings. The lowest BCUT2D eigenvalue weighted by Gasteiger charge is -2.14. The molecule has 0 amide bonds. The molecule has 0 radical (unpaired) electrons. The minimum Gasteiger partial charge on any atom is -0.507 e. The number of hydrogen-bond donors (Lipinski definition) is 1. The molecule has 158 valence electrons. The van der Waals surface area contributed by atoms with E-state index in [1.165, 1.54) is 0 Å². The molecule has 0 unspecified atom stereocenters. The van der Waals surface area contributed by atoms with Crippen LogP contribution in [0.1, 0.15) is 5.82 Å². The van der Waals surface area contributed by atoms with Crippen LogP contribution in [0.15, 0.2) is 60.7 Å². The zero-order chi connectivity index (χ0) is 22.0. The lowest BCUT2D eigenvalue weighted by atomic mass is 10.2. The summed E-state index contributed by atoms with van der Waals surface area (Å²) in [5.74, 6) is 2.01. The Kier molecular flexibility index (Phi) is 6.23. The van der Waals surface area contributed by atoms with Crippen LogP contribution in [0.2, 0.25) is 15.1 Å². The number of benzene rings is 3. The fraction of sp³-hybridized carbons (Fsp3) is 0.0909. The van der Waals surface area contributed by atoms with Crippen LogP contribution in [0.4, 0.5) is 0 Å². The fourth-order valence-electron chi connectivity index (χ4n) is 3.05. The molecule has 0 aliphatic rings. The van der Waals surface area contributed by atoms with Gasteiger partial charge in [-0.1, -0.05) is 46.9 Å². The van der Waals surface area contributed by atoms with Gasteiger partial charge in [0.2, 0.25) is 0 Å². The molecule has 1 heterocycles. The highest BCUT2D eigenvalue weighted by Gasteiger charge is 2.19. The Morgan fingerprint density at radius 1 is 0.935 bits per heavy atom. The van der Waals surface area contributed by atoms with E-state index in [-0.39, 0.29) is 22.4 Å². The lowest BCUT2D eigenvalue weighted by Crippen LogP contribution is -2.07. The largest absolute Gasteiger partial charge is 0.507 e. The maximum Gasteiger partial charge on any atom is 0.175 e. The third-order valence-electron chi connectivity index (χ3n) is 4.51. The van der Waals surface area contributed by atoms with Crippen molar-refractivity contribution in [2.75, 3.05) is 7.11 Å². The van der Waals surface area contributed by atoms with Crippen LogP contribution in [0.3, 0.4) is 0 Å². The van der Waals surface area contributed by atoms with E-state index in [1.54, 1.807) is 42.0 Å². The molecule has 6 nitrogen and oxygen atoms in total. The molecule has 4 aromatic rings. The first kappa shape index (κ1) is 21.3. The van der Waals surface area contributed by atoms with Gasteiger partial charge in [0.1, 0.15) is 18.1 Å². The first-order chi connectivity index (χ1) is 15.0. The standard InChI is InChI=1S/C22H16Cl3N3O3/c1-30-15-8-6-14(7-9-15)28-20(12-31-21-17(24)10-13(23)11-18(21)25)26-27-22(28)16-4-2-3-5-19(16)29/h2-11,29H,12H2,1H3. The molecule has 3 aromatic carbocycles. The van der Waals surface area contributed by atoms with E-state index in [9.17, 15) is 5.11 Å². The Morgan fingerprint density at radius 2 is 1.61 bits per heavy atom. The number of ether oxygens (including phenoxy) is 2. The number of aromatic hydroxyl groups is 1. The van der Waals surface area contributed by atoms with Gasteiger partial charge in [-0.25, -0.2) is 0 Å². The fourth-order valence-corrected chi connectivity index (χ4v) is 3.98. The maximum atomic E-state index is 10.4. The number of aromatic nitrogens is 3. The summed E-state index contributed by atoms with van der Waals surface area (Å²) in [4.78, 5) is 0. The van der Waals surface area contributed by atoms with E-state index < -0.39 is 0 Å². The Labute approximate surface area is 193 Å². The number of methoxy groups -OCH3 is 1. The Hall–Kier alpha value is -2.93. The summed E-state index contributed by atoms with van der Waals surface area (Å²) in [6.45, 7) is 0.0215. The molecule has 0 saturated heterocycles. The monoisotopic (exact) mass is 475 g/mol. The predicted molar refractivity (Wildman–Crippen MR) is 121 cm³/mol.